The quantitative estimate of drug-likeness (QED) is 0.375. The van der Waals surface area contributed by atoms with E-state index in [9.17, 15) is 25.2 Å². The summed E-state index contributed by atoms with van der Waals surface area (Å²) in [6, 6.07) is 2.60. The van der Waals surface area contributed by atoms with Crippen LogP contribution in [0.3, 0.4) is 0 Å². The first kappa shape index (κ1) is 20.1. The van der Waals surface area contributed by atoms with Crippen molar-refractivity contribution in [3.05, 3.63) is 46.1 Å². The monoisotopic (exact) mass is 412 g/mol. The van der Waals surface area contributed by atoms with Crippen molar-refractivity contribution in [2.45, 2.75) is 51.2 Å². The molecule has 2 heterocycles. The molecule has 0 spiro atoms. The van der Waals surface area contributed by atoms with E-state index < -0.39 is 28.3 Å². The number of hydrogen-bond acceptors (Lipinski definition) is 7. The van der Waals surface area contributed by atoms with Gasteiger partial charge in [-0.3, -0.25) is 4.79 Å². The molecule has 7 nitrogen and oxygen atoms in total. The molecule has 0 radical (unpaired) electrons. The second-order valence-corrected chi connectivity index (χ2v) is 8.87. The minimum absolute atomic E-state index is 0.0394. The smallest absolute Gasteiger partial charge is 0.204 e. The third kappa shape index (κ3) is 2.65. The minimum atomic E-state index is -0.943. The van der Waals surface area contributed by atoms with Gasteiger partial charge in [0.15, 0.2) is 11.3 Å². The molecule has 4 N–H and O–H groups in total. The number of fused-ring (bicyclic) bond motifs is 3. The Hall–Kier alpha value is -3.19. The lowest BCUT2D eigenvalue weighted by molar-refractivity contribution is -0.0424. The first-order valence-corrected chi connectivity index (χ1v) is 9.60. The zero-order valence-corrected chi connectivity index (χ0v) is 17.2. The fourth-order valence-corrected chi connectivity index (χ4v) is 3.93. The molecule has 0 amide bonds. The predicted molar refractivity (Wildman–Crippen MR) is 113 cm³/mol. The number of phenols is 3. The standard InChI is InChI=1S/C23H24O7/c1-6-22(2,3)16-13(25)9-12(24)15-17(27)11-7-10-8-14(26)23(4,5)30-19(10)18(28)20(11)29-21(15)16/h6-7,9,14,24-26,28H,1,8H2,2-5H3. The molecule has 3 aromatic rings. The molecule has 0 bridgehead atoms. The molecule has 30 heavy (non-hydrogen) atoms. The van der Waals surface area contributed by atoms with Crippen LogP contribution in [0, 0.1) is 0 Å². The Labute approximate surface area is 172 Å². The number of aromatic hydroxyl groups is 3. The van der Waals surface area contributed by atoms with Crippen LogP contribution in [0.2, 0.25) is 0 Å². The molecule has 4 rings (SSSR count). The number of allylic oxidation sites excluding steroid dienone is 1. The van der Waals surface area contributed by atoms with E-state index >= 15 is 0 Å². The van der Waals surface area contributed by atoms with Crippen molar-refractivity contribution in [3.8, 4) is 23.0 Å². The summed E-state index contributed by atoms with van der Waals surface area (Å²) in [6.07, 6.45) is 0.932. The second kappa shape index (κ2) is 6.15. The van der Waals surface area contributed by atoms with E-state index in [1.807, 2.05) is 0 Å². The van der Waals surface area contributed by atoms with Crippen molar-refractivity contribution in [3.63, 3.8) is 0 Å². The van der Waals surface area contributed by atoms with Gasteiger partial charge < -0.3 is 29.6 Å². The maximum absolute atomic E-state index is 13.3. The molecule has 1 aromatic heterocycles. The van der Waals surface area contributed by atoms with Gasteiger partial charge in [0.05, 0.1) is 11.5 Å². The van der Waals surface area contributed by atoms with Crippen LogP contribution in [0.15, 0.2) is 34.0 Å². The van der Waals surface area contributed by atoms with E-state index in [4.69, 9.17) is 9.15 Å². The largest absolute Gasteiger partial charge is 0.507 e. The van der Waals surface area contributed by atoms with Gasteiger partial charge in [-0.2, -0.15) is 0 Å². The Morgan fingerprint density at radius 2 is 1.83 bits per heavy atom. The minimum Gasteiger partial charge on any atom is -0.507 e. The van der Waals surface area contributed by atoms with Gasteiger partial charge in [-0.05, 0) is 19.9 Å². The van der Waals surface area contributed by atoms with Gasteiger partial charge in [0.1, 0.15) is 28.1 Å². The maximum atomic E-state index is 13.3. The topological polar surface area (TPSA) is 120 Å². The molecule has 1 unspecified atom stereocenters. The summed E-state index contributed by atoms with van der Waals surface area (Å²) in [5.41, 5.74) is -1.75. The highest BCUT2D eigenvalue weighted by Crippen LogP contribution is 2.47. The Bertz CT molecular complexity index is 1280. The van der Waals surface area contributed by atoms with Gasteiger partial charge in [0.25, 0.3) is 0 Å². The van der Waals surface area contributed by atoms with E-state index in [1.165, 1.54) is 6.07 Å². The van der Waals surface area contributed by atoms with E-state index in [0.717, 1.165) is 6.07 Å². The fraction of sp³-hybridized carbons (Fsp3) is 0.348. The highest BCUT2D eigenvalue weighted by molar-refractivity contribution is 5.99. The highest BCUT2D eigenvalue weighted by atomic mass is 16.5. The molecule has 0 saturated carbocycles. The third-order valence-electron chi connectivity index (χ3n) is 5.94. The van der Waals surface area contributed by atoms with Gasteiger partial charge >= 0.3 is 0 Å². The molecule has 0 saturated heterocycles. The first-order chi connectivity index (χ1) is 13.9. The molecule has 1 aliphatic rings. The van der Waals surface area contributed by atoms with Crippen LogP contribution >= 0.6 is 0 Å². The molecule has 1 atom stereocenters. The van der Waals surface area contributed by atoms with E-state index in [2.05, 4.69) is 6.58 Å². The Morgan fingerprint density at radius 3 is 2.47 bits per heavy atom. The maximum Gasteiger partial charge on any atom is 0.204 e. The van der Waals surface area contributed by atoms with Crippen LogP contribution in [0.4, 0.5) is 0 Å². The van der Waals surface area contributed by atoms with Crippen molar-refractivity contribution < 1.29 is 29.6 Å². The highest BCUT2D eigenvalue weighted by Gasteiger charge is 2.38. The van der Waals surface area contributed by atoms with Crippen LogP contribution < -0.4 is 10.2 Å². The SMILES string of the molecule is C=CC(C)(C)c1c(O)cc(O)c2c(=O)c3cc4c(c(O)c3oc12)OC(C)(C)C(O)C4. The van der Waals surface area contributed by atoms with Gasteiger partial charge in [0.2, 0.25) is 11.2 Å². The van der Waals surface area contributed by atoms with Crippen LogP contribution in [0.1, 0.15) is 38.8 Å². The number of phenolic OH excluding ortho intramolecular Hbond substituents is 3. The summed E-state index contributed by atoms with van der Waals surface area (Å²) in [5.74, 6) is -0.928. The molecule has 1 aliphatic heterocycles. The normalized spacial score (nSPS) is 18.2. The molecule has 0 fully saturated rings. The van der Waals surface area contributed by atoms with Crippen molar-refractivity contribution in [1.29, 1.82) is 0 Å². The first-order valence-electron chi connectivity index (χ1n) is 9.60. The summed E-state index contributed by atoms with van der Waals surface area (Å²) in [6.45, 7) is 10.7. The number of hydrogen-bond donors (Lipinski definition) is 4. The summed E-state index contributed by atoms with van der Waals surface area (Å²) in [5, 5.41) is 42.1. The number of aliphatic hydroxyl groups excluding tert-OH is 1. The number of aliphatic hydroxyl groups is 1. The number of ether oxygens (including phenoxy) is 1. The Kier molecular flexibility index (Phi) is 4.12. The van der Waals surface area contributed by atoms with Gasteiger partial charge in [-0.25, -0.2) is 0 Å². The fourth-order valence-electron chi connectivity index (χ4n) is 3.93. The average Bonchev–Trinajstić information content (AvgIpc) is 2.64. The van der Waals surface area contributed by atoms with Crippen molar-refractivity contribution in [2.24, 2.45) is 0 Å². The molecule has 7 heteroatoms. The van der Waals surface area contributed by atoms with E-state index in [0.29, 0.717) is 5.56 Å². The molecular weight excluding hydrogens is 388 g/mol. The summed E-state index contributed by atoms with van der Waals surface area (Å²) >= 11 is 0. The van der Waals surface area contributed by atoms with Crippen molar-refractivity contribution in [1.82, 2.24) is 0 Å². The van der Waals surface area contributed by atoms with Crippen LogP contribution in [-0.2, 0) is 11.8 Å². The van der Waals surface area contributed by atoms with Gasteiger partial charge in [-0.15, -0.1) is 6.58 Å². The zero-order chi connectivity index (χ0) is 22.2. The summed E-state index contributed by atoms with van der Waals surface area (Å²) < 4.78 is 11.8. The lowest BCUT2D eigenvalue weighted by Gasteiger charge is -2.37. The molecule has 2 aromatic carbocycles. The predicted octanol–water partition coefficient (Wildman–Crippen LogP) is 3.60. The van der Waals surface area contributed by atoms with Crippen LogP contribution in [0.5, 0.6) is 23.0 Å². The third-order valence-corrected chi connectivity index (χ3v) is 5.94. The van der Waals surface area contributed by atoms with Crippen molar-refractivity contribution >= 4 is 21.9 Å². The average molecular weight is 412 g/mol. The zero-order valence-electron chi connectivity index (χ0n) is 17.2. The summed E-state index contributed by atoms with van der Waals surface area (Å²) in [7, 11) is 0. The Morgan fingerprint density at radius 1 is 1.17 bits per heavy atom. The lowest BCUT2D eigenvalue weighted by atomic mass is 9.82. The number of benzene rings is 2. The molecule has 158 valence electrons. The van der Waals surface area contributed by atoms with Crippen LogP contribution in [-0.4, -0.2) is 32.1 Å². The lowest BCUT2D eigenvalue weighted by Crippen LogP contribution is -2.46. The molecule has 0 aliphatic carbocycles. The van der Waals surface area contributed by atoms with Gasteiger partial charge in [0, 0.05) is 29.0 Å². The Balaban J connectivity index is 2.18. The van der Waals surface area contributed by atoms with Crippen LogP contribution in [0.25, 0.3) is 21.9 Å². The van der Waals surface area contributed by atoms with E-state index in [1.54, 1.807) is 33.8 Å². The second-order valence-electron chi connectivity index (χ2n) is 8.87. The molecular formula is C23H24O7. The van der Waals surface area contributed by atoms with Gasteiger partial charge in [-0.1, -0.05) is 19.9 Å². The summed E-state index contributed by atoms with van der Waals surface area (Å²) in [4.78, 5) is 13.3. The van der Waals surface area contributed by atoms with E-state index in [-0.39, 0.29) is 51.2 Å². The van der Waals surface area contributed by atoms with Crippen molar-refractivity contribution in [2.75, 3.05) is 0 Å². The number of rotatable bonds is 2.